The molecule has 286 valence electrons. The van der Waals surface area contributed by atoms with Crippen LogP contribution < -0.4 is 27.8 Å². The zero-order chi connectivity index (χ0) is 37.8. The molecule has 8 N–H and O–H groups in total. The van der Waals surface area contributed by atoms with Crippen LogP contribution >= 0.6 is 0 Å². The highest BCUT2D eigenvalue weighted by Crippen LogP contribution is 2.36. The highest BCUT2D eigenvalue weighted by Gasteiger charge is 2.35. The zero-order valence-electron chi connectivity index (χ0n) is 30.8. The van der Waals surface area contributed by atoms with Crippen molar-refractivity contribution < 1.29 is 38.1 Å². The number of hydrogen-bond donors (Lipinski definition) is 5. The second-order valence-corrected chi connectivity index (χ2v) is 13.2. The van der Waals surface area contributed by atoms with E-state index in [1.807, 2.05) is 13.8 Å². The van der Waals surface area contributed by atoms with Gasteiger partial charge in [0.1, 0.15) is 0 Å². The molecule has 3 rings (SSSR count). The number of rotatable bonds is 24. The van der Waals surface area contributed by atoms with Crippen molar-refractivity contribution in [2.75, 3.05) is 90.2 Å². The number of allylic oxidation sites excluding steroid dienone is 2. The van der Waals surface area contributed by atoms with Crippen LogP contribution in [0.15, 0.2) is 58.7 Å². The third kappa shape index (κ3) is 15.5. The lowest BCUT2D eigenvalue weighted by molar-refractivity contribution is -0.117. The van der Waals surface area contributed by atoms with Gasteiger partial charge in [-0.15, -0.1) is 0 Å². The van der Waals surface area contributed by atoms with E-state index in [4.69, 9.17) is 45.9 Å². The van der Waals surface area contributed by atoms with Crippen molar-refractivity contribution in [1.29, 1.82) is 0 Å². The minimum atomic E-state index is -0.549. The van der Waals surface area contributed by atoms with Gasteiger partial charge >= 0.3 is 0 Å². The zero-order valence-corrected chi connectivity index (χ0v) is 30.8. The maximum Gasteiger partial charge on any atom is 0.251 e. The molecule has 14 heteroatoms. The van der Waals surface area contributed by atoms with Crippen LogP contribution in [0.2, 0.25) is 0 Å². The van der Waals surface area contributed by atoms with E-state index >= 15 is 0 Å². The Morgan fingerprint density at radius 2 is 1.31 bits per heavy atom. The number of Topliss-reactive ketones (excluding diaryl/α,β-unsaturated/α-hetero) is 1. The van der Waals surface area contributed by atoms with Gasteiger partial charge in [-0.05, 0) is 74.1 Å². The first-order valence-electron chi connectivity index (χ1n) is 17.7. The number of hydrogen-bond acceptors (Lipinski definition) is 12. The number of amides is 2. The summed E-state index contributed by atoms with van der Waals surface area (Å²) in [6, 6.07) is 11.9. The second kappa shape index (κ2) is 22.6. The van der Waals surface area contributed by atoms with E-state index < -0.39 is 5.91 Å². The van der Waals surface area contributed by atoms with Crippen molar-refractivity contribution >= 4 is 40.4 Å². The predicted molar refractivity (Wildman–Crippen MR) is 202 cm³/mol. The van der Waals surface area contributed by atoms with Crippen molar-refractivity contribution in [2.45, 2.75) is 46.5 Å². The van der Waals surface area contributed by atoms with E-state index in [0.717, 1.165) is 0 Å². The molecule has 0 bridgehead atoms. The van der Waals surface area contributed by atoms with Crippen LogP contribution in [0, 0.1) is 5.41 Å². The fourth-order valence-corrected chi connectivity index (χ4v) is 5.44. The third-order valence-electron chi connectivity index (χ3n) is 7.97. The molecule has 0 unspecified atom stereocenters. The number of ether oxygens (including phenoxy) is 5. The van der Waals surface area contributed by atoms with Crippen LogP contribution in [0.5, 0.6) is 0 Å². The van der Waals surface area contributed by atoms with Gasteiger partial charge in [0.25, 0.3) is 11.8 Å². The first kappa shape index (κ1) is 42.1. The van der Waals surface area contributed by atoms with Crippen LogP contribution in [0.3, 0.4) is 0 Å². The third-order valence-corrected chi connectivity index (χ3v) is 7.97. The van der Waals surface area contributed by atoms with Gasteiger partial charge < -0.3 is 51.5 Å². The summed E-state index contributed by atoms with van der Waals surface area (Å²) in [7, 11) is 0. The van der Waals surface area contributed by atoms with Gasteiger partial charge in [-0.3, -0.25) is 19.4 Å². The van der Waals surface area contributed by atoms with Crippen LogP contribution in [0.4, 0.5) is 17.1 Å². The molecule has 1 saturated carbocycles. The summed E-state index contributed by atoms with van der Waals surface area (Å²) < 4.78 is 27.8. The number of primary amides is 1. The van der Waals surface area contributed by atoms with E-state index in [9.17, 15) is 14.4 Å². The lowest BCUT2D eigenvalue weighted by Gasteiger charge is -2.31. The van der Waals surface area contributed by atoms with Crippen LogP contribution in [0.1, 0.15) is 67.2 Å². The monoisotopic (exact) mass is 724 g/mol. The average molecular weight is 725 g/mol. The molecule has 14 nitrogen and oxygen atoms in total. The molecule has 1 aliphatic carbocycles. The fourth-order valence-electron chi connectivity index (χ4n) is 5.44. The molecule has 0 heterocycles. The summed E-state index contributed by atoms with van der Waals surface area (Å²) in [6.45, 7) is 11.6. The highest BCUT2D eigenvalue weighted by atomic mass is 16.6. The molecule has 0 aliphatic heterocycles. The topological polar surface area (TPSA) is 212 Å². The molecule has 1 aliphatic rings. The molecule has 2 amide bonds. The Labute approximate surface area is 306 Å². The number of nitrogen functional groups attached to an aromatic ring is 1. The van der Waals surface area contributed by atoms with E-state index in [1.165, 1.54) is 0 Å². The van der Waals surface area contributed by atoms with E-state index in [1.54, 1.807) is 49.4 Å². The second-order valence-electron chi connectivity index (χ2n) is 13.2. The standard InChI is InChI=1S/C38H56N6O8/c1-27(39)35-33(25-38(2,3)26-34(35)45)44-30-10-11-31(36(41)46)32(24-30)42-12-4-14-48-16-18-50-20-22-52-23-21-51-19-17-49-15-5-13-43-37(47)28-6-8-29(40)9-7-28/h6-11,24,42H,4-5,12-23,25-26,39-40H2,1-3H3,(H2,41,46)(H,43,47). The number of benzene rings is 2. The predicted octanol–water partition coefficient (Wildman–Crippen LogP) is 3.77. The van der Waals surface area contributed by atoms with Gasteiger partial charge in [-0.25, -0.2) is 0 Å². The lowest BCUT2D eigenvalue weighted by Crippen LogP contribution is -2.33. The molecule has 52 heavy (non-hydrogen) atoms. The Morgan fingerprint density at radius 1 is 0.769 bits per heavy atom. The fraction of sp³-hybridized carbons (Fsp3) is 0.526. The van der Waals surface area contributed by atoms with Gasteiger partial charge in [0, 0.05) is 55.4 Å². The van der Waals surface area contributed by atoms with Gasteiger partial charge in [-0.1, -0.05) is 13.8 Å². The maximum atomic E-state index is 12.8. The van der Waals surface area contributed by atoms with Crippen LogP contribution in [0.25, 0.3) is 0 Å². The number of carbonyl (C=O) groups is 3. The van der Waals surface area contributed by atoms with Crippen molar-refractivity contribution in [2.24, 2.45) is 21.9 Å². The molecular formula is C38H56N6O8. The molecule has 0 aromatic heterocycles. The number of nitrogens with zero attached hydrogens (tertiary/aromatic N) is 1. The summed E-state index contributed by atoms with van der Waals surface area (Å²) >= 11 is 0. The Kier molecular flexibility index (Phi) is 18.3. The first-order chi connectivity index (χ1) is 25.0. The number of nitrogens with two attached hydrogens (primary N) is 3. The van der Waals surface area contributed by atoms with Gasteiger partial charge in [0.05, 0.1) is 75.4 Å². The molecule has 1 fully saturated rings. The molecular weight excluding hydrogens is 668 g/mol. The van der Waals surface area contributed by atoms with E-state index in [0.29, 0.717) is 150 Å². The Morgan fingerprint density at radius 3 is 1.85 bits per heavy atom. The smallest absolute Gasteiger partial charge is 0.251 e. The molecule has 2 aromatic rings. The number of anilines is 2. The number of ketones is 1. The van der Waals surface area contributed by atoms with Crippen molar-refractivity contribution in [1.82, 2.24) is 5.32 Å². The van der Waals surface area contributed by atoms with Crippen LogP contribution in [-0.4, -0.2) is 102 Å². The molecule has 0 saturated heterocycles. The Hall–Kier alpha value is -4.34. The maximum absolute atomic E-state index is 12.8. The Bertz CT molecular complexity index is 1510. The lowest BCUT2D eigenvalue weighted by atomic mass is 9.73. The minimum Gasteiger partial charge on any atom is -0.402 e. The summed E-state index contributed by atoms with van der Waals surface area (Å²) in [4.78, 5) is 41.6. The molecule has 0 radical (unpaired) electrons. The first-order valence-corrected chi connectivity index (χ1v) is 17.7. The van der Waals surface area contributed by atoms with Crippen molar-refractivity contribution in [3.05, 3.63) is 64.9 Å². The molecule has 0 atom stereocenters. The SMILES string of the molecule is CC(N)=C1C(=O)CC(C)(C)CC1=Nc1ccc(C(N)=O)c(NCCCOCCOCCOCCOCCOCCCNC(=O)c2ccc(N)cc2)c1. The number of nitrogens with one attached hydrogen (secondary N) is 2. The van der Waals surface area contributed by atoms with Gasteiger partial charge in [0.15, 0.2) is 5.78 Å². The quantitative estimate of drug-likeness (QED) is 0.0597. The van der Waals surface area contributed by atoms with Gasteiger partial charge in [0.2, 0.25) is 0 Å². The number of carbonyl (C=O) groups excluding carboxylic acids is 3. The summed E-state index contributed by atoms with van der Waals surface area (Å²) in [5, 5.41) is 6.11. The highest BCUT2D eigenvalue weighted by molar-refractivity contribution is 6.25. The Balaban J connectivity index is 1.17. The van der Waals surface area contributed by atoms with Crippen molar-refractivity contribution in [3.8, 4) is 0 Å². The largest absolute Gasteiger partial charge is 0.402 e. The average Bonchev–Trinajstić information content (AvgIpc) is 3.08. The summed E-state index contributed by atoms with van der Waals surface area (Å²) in [5.74, 6) is -0.690. The van der Waals surface area contributed by atoms with E-state index in [-0.39, 0.29) is 17.1 Å². The number of aliphatic imine (C=N–C) groups is 1. The van der Waals surface area contributed by atoms with Crippen LogP contribution in [-0.2, 0) is 28.5 Å². The minimum absolute atomic E-state index is 0.00875. The van der Waals surface area contributed by atoms with Gasteiger partial charge in [-0.2, -0.15) is 0 Å². The molecule has 0 spiro atoms. The summed E-state index contributed by atoms with van der Waals surface area (Å²) in [6.07, 6.45) is 2.43. The molecule has 2 aromatic carbocycles. The normalized spacial score (nSPS) is 15.8. The van der Waals surface area contributed by atoms with Crippen molar-refractivity contribution in [3.63, 3.8) is 0 Å². The summed E-state index contributed by atoms with van der Waals surface area (Å²) in [5.41, 5.74) is 21.4. The van der Waals surface area contributed by atoms with E-state index in [2.05, 4.69) is 10.6 Å².